The lowest BCUT2D eigenvalue weighted by atomic mass is 10.1. The van der Waals surface area contributed by atoms with Gasteiger partial charge in [-0.1, -0.05) is 31.5 Å². The van der Waals surface area contributed by atoms with Crippen molar-refractivity contribution >= 4 is 26.5 Å². The molecule has 0 aliphatic carbocycles. The molecule has 7 nitrogen and oxygen atoms in total. The number of hydrogen-bond acceptors (Lipinski definition) is 5. The highest BCUT2D eigenvalue weighted by Gasteiger charge is 2.35. The summed E-state index contributed by atoms with van der Waals surface area (Å²) in [6.45, 7) is 2.50. The smallest absolute Gasteiger partial charge is 0.275 e. The van der Waals surface area contributed by atoms with E-state index in [1.165, 1.54) is 11.7 Å². The number of aromatic nitrogens is 2. The Balaban J connectivity index is 2.06. The van der Waals surface area contributed by atoms with E-state index in [-0.39, 0.29) is 34.7 Å². The van der Waals surface area contributed by atoms with Crippen LogP contribution in [0.2, 0.25) is 0 Å². The normalized spacial score (nSPS) is 18.9. The average Bonchev–Trinajstić information content (AvgIpc) is 2.98. The number of rotatable bonds is 5. The number of aryl methyl sites for hydroxylation is 1. The molecule has 2 heterocycles. The van der Waals surface area contributed by atoms with Crippen LogP contribution in [0.1, 0.15) is 36.7 Å². The molecular formula is C18H23N3O4S. The number of unbranched alkanes of at least 4 members (excludes halogenated alkanes) is 1. The summed E-state index contributed by atoms with van der Waals surface area (Å²) in [6, 6.07) is 6.55. The number of hydrogen-bond donors (Lipinski definition) is 0. The first kappa shape index (κ1) is 18.6. The standard InChI is InChI=1S/C18H23N3O4S/c1-3-4-10-21(13-9-11-26(24,25)12-13)18(23)16-14-7-5-6-8-15(14)17(22)20(2)19-16/h5-8,13H,3-4,9-12H2,1-2H3. The van der Waals surface area contributed by atoms with Crippen LogP contribution in [0.15, 0.2) is 29.1 Å². The van der Waals surface area contributed by atoms with E-state index in [4.69, 9.17) is 0 Å². The molecule has 0 spiro atoms. The van der Waals surface area contributed by atoms with E-state index in [1.807, 2.05) is 6.92 Å². The fraction of sp³-hybridized carbons (Fsp3) is 0.500. The van der Waals surface area contributed by atoms with Crippen molar-refractivity contribution in [2.45, 2.75) is 32.2 Å². The monoisotopic (exact) mass is 377 g/mol. The van der Waals surface area contributed by atoms with Gasteiger partial charge in [-0.2, -0.15) is 5.10 Å². The van der Waals surface area contributed by atoms with Gasteiger partial charge < -0.3 is 4.90 Å². The fourth-order valence-electron chi connectivity index (χ4n) is 3.39. The van der Waals surface area contributed by atoms with E-state index in [0.717, 1.165) is 12.8 Å². The second-order valence-corrected chi connectivity index (χ2v) is 8.96. The molecule has 1 saturated heterocycles. The first-order chi connectivity index (χ1) is 12.3. The number of carbonyl (C=O) groups is 1. The van der Waals surface area contributed by atoms with Gasteiger partial charge in [0, 0.05) is 25.0 Å². The second kappa shape index (κ2) is 7.19. The summed E-state index contributed by atoms with van der Waals surface area (Å²) >= 11 is 0. The van der Waals surface area contributed by atoms with Crippen molar-refractivity contribution in [1.82, 2.24) is 14.7 Å². The summed E-state index contributed by atoms with van der Waals surface area (Å²) in [5.74, 6) is -0.214. The first-order valence-electron chi connectivity index (χ1n) is 8.81. The molecule has 1 aliphatic heterocycles. The zero-order chi connectivity index (χ0) is 18.9. The lowest BCUT2D eigenvalue weighted by Gasteiger charge is -2.28. The Morgan fingerprint density at radius 2 is 2.00 bits per heavy atom. The van der Waals surface area contributed by atoms with Crippen LogP contribution in [0.3, 0.4) is 0 Å². The lowest BCUT2D eigenvalue weighted by Crippen LogP contribution is -2.43. The molecule has 1 aromatic heterocycles. The van der Waals surface area contributed by atoms with Gasteiger partial charge in [-0.05, 0) is 18.9 Å². The topological polar surface area (TPSA) is 89.3 Å². The molecule has 1 fully saturated rings. The third-order valence-corrected chi connectivity index (χ3v) is 6.57. The molecule has 26 heavy (non-hydrogen) atoms. The molecule has 0 radical (unpaired) electrons. The van der Waals surface area contributed by atoms with Crippen LogP contribution in [-0.2, 0) is 16.9 Å². The summed E-state index contributed by atoms with van der Waals surface area (Å²) in [5.41, 5.74) is -0.0659. The van der Waals surface area contributed by atoms with Crippen LogP contribution >= 0.6 is 0 Å². The molecule has 1 unspecified atom stereocenters. The Kier molecular flexibility index (Phi) is 5.13. The van der Waals surface area contributed by atoms with Gasteiger partial charge in [-0.25, -0.2) is 13.1 Å². The first-order valence-corrected chi connectivity index (χ1v) is 10.6. The lowest BCUT2D eigenvalue weighted by molar-refractivity contribution is 0.0688. The van der Waals surface area contributed by atoms with Crippen LogP contribution in [0.5, 0.6) is 0 Å². The highest BCUT2D eigenvalue weighted by molar-refractivity contribution is 7.91. The number of amides is 1. The molecule has 8 heteroatoms. The van der Waals surface area contributed by atoms with Gasteiger partial charge in [-0.15, -0.1) is 0 Å². The quantitative estimate of drug-likeness (QED) is 0.785. The van der Waals surface area contributed by atoms with Crippen LogP contribution in [-0.4, -0.2) is 53.1 Å². The minimum atomic E-state index is -3.11. The third kappa shape index (κ3) is 3.51. The van der Waals surface area contributed by atoms with Gasteiger partial charge in [-0.3, -0.25) is 9.59 Å². The van der Waals surface area contributed by atoms with Crippen molar-refractivity contribution in [1.29, 1.82) is 0 Å². The number of nitrogens with zero attached hydrogens (tertiary/aromatic N) is 3. The minimum absolute atomic E-state index is 0.00779. The summed E-state index contributed by atoms with van der Waals surface area (Å²) < 4.78 is 24.9. The van der Waals surface area contributed by atoms with Crippen LogP contribution in [0, 0.1) is 0 Å². The third-order valence-electron chi connectivity index (χ3n) is 4.82. The SMILES string of the molecule is CCCCN(C(=O)c1nn(C)c(=O)c2ccccc12)C1CCS(=O)(=O)C1. The van der Waals surface area contributed by atoms with Crippen molar-refractivity contribution in [3.63, 3.8) is 0 Å². The van der Waals surface area contributed by atoms with E-state index in [1.54, 1.807) is 29.2 Å². The van der Waals surface area contributed by atoms with Gasteiger partial charge in [0.1, 0.15) is 0 Å². The predicted molar refractivity (Wildman–Crippen MR) is 100.0 cm³/mol. The van der Waals surface area contributed by atoms with Gasteiger partial charge in [0.2, 0.25) is 0 Å². The summed E-state index contributed by atoms with van der Waals surface area (Å²) in [6.07, 6.45) is 2.12. The highest BCUT2D eigenvalue weighted by Crippen LogP contribution is 2.22. The maximum absolute atomic E-state index is 13.3. The summed E-state index contributed by atoms with van der Waals surface area (Å²) in [7, 11) is -1.59. The fourth-order valence-corrected chi connectivity index (χ4v) is 5.12. The molecule has 1 atom stereocenters. The minimum Gasteiger partial charge on any atom is -0.333 e. The molecule has 1 aliphatic rings. The van der Waals surface area contributed by atoms with E-state index < -0.39 is 9.84 Å². The molecule has 140 valence electrons. The van der Waals surface area contributed by atoms with Crippen molar-refractivity contribution < 1.29 is 13.2 Å². The van der Waals surface area contributed by atoms with Crippen molar-refractivity contribution in [2.75, 3.05) is 18.1 Å². The molecular weight excluding hydrogens is 354 g/mol. The number of sulfone groups is 1. The van der Waals surface area contributed by atoms with Gasteiger partial charge >= 0.3 is 0 Å². The zero-order valence-corrected chi connectivity index (χ0v) is 15.8. The Labute approximate surface area is 152 Å². The maximum atomic E-state index is 13.3. The van der Waals surface area contributed by atoms with Gasteiger partial charge in [0.15, 0.2) is 15.5 Å². The molecule has 2 aromatic rings. The van der Waals surface area contributed by atoms with Gasteiger partial charge in [0.25, 0.3) is 11.5 Å². The van der Waals surface area contributed by atoms with Crippen LogP contribution in [0.25, 0.3) is 10.8 Å². The molecule has 0 saturated carbocycles. The summed E-state index contributed by atoms with van der Waals surface area (Å²) in [5, 5.41) is 5.14. The molecule has 3 rings (SSSR count). The molecule has 0 bridgehead atoms. The second-order valence-electron chi connectivity index (χ2n) is 6.73. The van der Waals surface area contributed by atoms with Crippen molar-refractivity contribution in [3.8, 4) is 0 Å². The zero-order valence-electron chi connectivity index (χ0n) is 15.0. The average molecular weight is 377 g/mol. The summed E-state index contributed by atoms with van der Waals surface area (Å²) in [4.78, 5) is 27.2. The van der Waals surface area contributed by atoms with E-state index in [9.17, 15) is 18.0 Å². The highest BCUT2D eigenvalue weighted by atomic mass is 32.2. The molecule has 1 aromatic carbocycles. The van der Waals surface area contributed by atoms with Gasteiger partial charge in [0.05, 0.1) is 16.9 Å². The molecule has 1 amide bonds. The molecule has 0 N–H and O–H groups in total. The largest absolute Gasteiger partial charge is 0.333 e. The Hall–Kier alpha value is -2.22. The number of carbonyl (C=O) groups excluding carboxylic acids is 1. The Bertz CT molecular complexity index is 997. The van der Waals surface area contributed by atoms with Crippen molar-refractivity contribution in [3.05, 3.63) is 40.3 Å². The van der Waals surface area contributed by atoms with E-state index >= 15 is 0 Å². The predicted octanol–water partition coefficient (Wildman–Crippen LogP) is 1.36. The van der Waals surface area contributed by atoms with Crippen LogP contribution < -0.4 is 5.56 Å². The number of benzene rings is 1. The van der Waals surface area contributed by atoms with Crippen LogP contribution in [0.4, 0.5) is 0 Å². The van der Waals surface area contributed by atoms with Crippen molar-refractivity contribution in [2.24, 2.45) is 7.05 Å². The van der Waals surface area contributed by atoms with E-state index in [2.05, 4.69) is 5.10 Å². The Morgan fingerprint density at radius 1 is 1.31 bits per heavy atom. The Morgan fingerprint density at radius 3 is 2.62 bits per heavy atom. The van der Waals surface area contributed by atoms with E-state index in [0.29, 0.717) is 23.7 Å². The number of fused-ring (bicyclic) bond motifs is 1. The maximum Gasteiger partial charge on any atom is 0.275 e.